The lowest BCUT2D eigenvalue weighted by Gasteiger charge is -2.12. The third-order valence-corrected chi connectivity index (χ3v) is 3.95. The topological polar surface area (TPSA) is 100 Å². The van der Waals surface area contributed by atoms with Crippen molar-refractivity contribution in [3.8, 4) is 0 Å². The Kier molecular flexibility index (Phi) is 5.26. The van der Waals surface area contributed by atoms with Crippen molar-refractivity contribution in [1.82, 2.24) is 4.98 Å². The first-order valence-electron chi connectivity index (χ1n) is 7.72. The largest absolute Gasteiger partial charge is 0.465 e. The number of rotatable bonds is 4. The second-order valence-corrected chi connectivity index (χ2v) is 5.73. The van der Waals surface area contributed by atoms with Gasteiger partial charge in [-0.05, 0) is 44.0 Å². The van der Waals surface area contributed by atoms with Crippen LogP contribution in [0.15, 0.2) is 18.2 Å². The zero-order valence-electron chi connectivity index (χ0n) is 14.9. The molecule has 2 amide bonds. The fourth-order valence-electron chi connectivity index (χ4n) is 2.67. The van der Waals surface area contributed by atoms with Gasteiger partial charge in [0.1, 0.15) is 5.69 Å². The van der Waals surface area contributed by atoms with Crippen molar-refractivity contribution in [1.29, 1.82) is 0 Å². The smallest absolute Gasteiger partial charge is 0.339 e. The number of amides is 2. The highest BCUT2D eigenvalue weighted by Crippen LogP contribution is 2.25. The van der Waals surface area contributed by atoms with Crippen LogP contribution in [0.4, 0.5) is 11.4 Å². The number of aromatic amines is 1. The monoisotopic (exact) mass is 343 g/mol. The van der Waals surface area contributed by atoms with E-state index in [1.165, 1.54) is 14.0 Å². The molecule has 0 spiro atoms. The van der Waals surface area contributed by atoms with E-state index in [4.69, 9.17) is 4.74 Å². The van der Waals surface area contributed by atoms with E-state index in [2.05, 4.69) is 15.6 Å². The van der Waals surface area contributed by atoms with Gasteiger partial charge in [0.25, 0.3) is 5.91 Å². The third-order valence-electron chi connectivity index (χ3n) is 3.95. The molecular formula is C18H21N3O4. The van der Waals surface area contributed by atoms with Gasteiger partial charge in [-0.3, -0.25) is 9.59 Å². The molecular weight excluding hydrogens is 322 g/mol. The number of aromatic nitrogens is 1. The van der Waals surface area contributed by atoms with Crippen LogP contribution in [-0.2, 0) is 9.53 Å². The van der Waals surface area contributed by atoms with E-state index in [-0.39, 0.29) is 11.8 Å². The number of hydrogen-bond donors (Lipinski definition) is 3. The van der Waals surface area contributed by atoms with Crippen LogP contribution in [0.25, 0.3) is 0 Å². The molecule has 1 aromatic heterocycles. The summed E-state index contributed by atoms with van der Waals surface area (Å²) in [7, 11) is 1.30. The summed E-state index contributed by atoms with van der Waals surface area (Å²) in [5.41, 5.74) is 3.68. The summed E-state index contributed by atoms with van der Waals surface area (Å²) in [6.45, 7) is 6.61. The number of benzene rings is 1. The van der Waals surface area contributed by atoms with Gasteiger partial charge < -0.3 is 20.4 Å². The highest BCUT2D eigenvalue weighted by atomic mass is 16.5. The molecule has 0 aliphatic heterocycles. The van der Waals surface area contributed by atoms with Crippen LogP contribution in [0.3, 0.4) is 0 Å². The summed E-state index contributed by atoms with van der Waals surface area (Å²) in [5.74, 6) is -1.06. The van der Waals surface area contributed by atoms with E-state index in [1.807, 2.05) is 0 Å². The van der Waals surface area contributed by atoms with E-state index in [0.29, 0.717) is 33.9 Å². The lowest BCUT2D eigenvalue weighted by Crippen LogP contribution is -2.16. The molecule has 132 valence electrons. The number of ether oxygens (including phenoxy) is 1. The summed E-state index contributed by atoms with van der Waals surface area (Å²) in [5, 5.41) is 5.52. The number of aryl methyl sites for hydroxylation is 1. The van der Waals surface area contributed by atoms with Gasteiger partial charge >= 0.3 is 5.97 Å². The quantitative estimate of drug-likeness (QED) is 0.743. The molecule has 0 saturated carbocycles. The highest BCUT2D eigenvalue weighted by Gasteiger charge is 2.23. The molecule has 7 nitrogen and oxygen atoms in total. The van der Waals surface area contributed by atoms with E-state index in [9.17, 15) is 14.4 Å². The number of nitrogens with one attached hydrogen (secondary N) is 3. The number of H-pyrrole nitrogens is 1. The lowest BCUT2D eigenvalue weighted by molar-refractivity contribution is -0.114. The zero-order valence-corrected chi connectivity index (χ0v) is 14.9. The Labute approximate surface area is 145 Å². The maximum atomic E-state index is 12.6. The Morgan fingerprint density at radius 1 is 1.00 bits per heavy atom. The molecule has 0 atom stereocenters. The molecule has 0 bridgehead atoms. The van der Waals surface area contributed by atoms with Crippen molar-refractivity contribution in [2.24, 2.45) is 0 Å². The van der Waals surface area contributed by atoms with E-state index in [0.717, 1.165) is 5.56 Å². The Hall–Kier alpha value is -3.09. The van der Waals surface area contributed by atoms with Crippen molar-refractivity contribution in [3.05, 3.63) is 46.3 Å². The zero-order chi connectivity index (χ0) is 18.7. The molecule has 0 unspecified atom stereocenters. The van der Waals surface area contributed by atoms with Gasteiger partial charge in [0.05, 0.1) is 12.7 Å². The summed E-state index contributed by atoms with van der Waals surface area (Å²) >= 11 is 0. The molecule has 2 aromatic rings. The van der Waals surface area contributed by atoms with Crippen molar-refractivity contribution in [3.63, 3.8) is 0 Å². The first kappa shape index (κ1) is 18.3. The fraction of sp³-hybridized carbons (Fsp3) is 0.278. The Balaban J connectivity index is 2.32. The van der Waals surface area contributed by atoms with E-state index < -0.39 is 5.97 Å². The van der Waals surface area contributed by atoms with Crippen molar-refractivity contribution in [2.75, 3.05) is 17.7 Å². The standard InChI is InChI=1S/C18H21N3O4/c1-9-13(20-12(4)22)7-6-8-14(9)21-17(23)16-10(2)15(11(3)19-16)18(24)25-5/h6-8,19H,1-5H3,(H,20,22)(H,21,23). The molecule has 3 N–H and O–H groups in total. The van der Waals surface area contributed by atoms with Gasteiger partial charge in [-0.2, -0.15) is 0 Å². The predicted octanol–water partition coefficient (Wildman–Crippen LogP) is 2.94. The van der Waals surface area contributed by atoms with Gasteiger partial charge in [0.15, 0.2) is 0 Å². The van der Waals surface area contributed by atoms with Crippen LogP contribution in [-0.4, -0.2) is 29.9 Å². The molecule has 0 fully saturated rings. The van der Waals surface area contributed by atoms with Crippen LogP contribution < -0.4 is 10.6 Å². The van der Waals surface area contributed by atoms with Crippen LogP contribution in [0.5, 0.6) is 0 Å². The summed E-state index contributed by atoms with van der Waals surface area (Å²) < 4.78 is 4.75. The number of anilines is 2. The molecule has 7 heteroatoms. The second-order valence-electron chi connectivity index (χ2n) is 5.73. The fourth-order valence-corrected chi connectivity index (χ4v) is 2.67. The minimum absolute atomic E-state index is 0.190. The maximum absolute atomic E-state index is 12.6. The predicted molar refractivity (Wildman–Crippen MR) is 95.0 cm³/mol. The number of methoxy groups -OCH3 is 1. The van der Waals surface area contributed by atoms with Crippen molar-refractivity contribution < 1.29 is 19.1 Å². The number of esters is 1. The third kappa shape index (κ3) is 3.71. The Bertz CT molecular complexity index is 852. The van der Waals surface area contributed by atoms with Crippen LogP contribution >= 0.6 is 0 Å². The maximum Gasteiger partial charge on any atom is 0.339 e. The number of carbonyl (C=O) groups excluding carboxylic acids is 3. The average Bonchev–Trinajstić information content (AvgIpc) is 2.85. The highest BCUT2D eigenvalue weighted by molar-refractivity contribution is 6.07. The van der Waals surface area contributed by atoms with Gasteiger partial charge in [0.2, 0.25) is 5.91 Å². The first-order valence-corrected chi connectivity index (χ1v) is 7.72. The van der Waals surface area contributed by atoms with Gasteiger partial charge in [-0.1, -0.05) is 6.07 Å². The molecule has 0 radical (unpaired) electrons. The molecule has 1 heterocycles. The Morgan fingerprint density at radius 2 is 1.60 bits per heavy atom. The minimum atomic E-state index is -0.492. The SMILES string of the molecule is COC(=O)c1c(C)[nH]c(C(=O)Nc2cccc(NC(C)=O)c2C)c1C. The minimum Gasteiger partial charge on any atom is -0.465 e. The van der Waals surface area contributed by atoms with Crippen LogP contribution in [0, 0.1) is 20.8 Å². The summed E-state index contributed by atoms with van der Waals surface area (Å²) in [6, 6.07) is 5.23. The Morgan fingerprint density at radius 3 is 2.16 bits per heavy atom. The summed E-state index contributed by atoms with van der Waals surface area (Å²) in [6.07, 6.45) is 0. The van der Waals surface area contributed by atoms with Gasteiger partial charge in [0, 0.05) is 24.0 Å². The second kappa shape index (κ2) is 7.21. The van der Waals surface area contributed by atoms with Crippen molar-refractivity contribution in [2.45, 2.75) is 27.7 Å². The normalized spacial score (nSPS) is 10.3. The average molecular weight is 343 g/mol. The summed E-state index contributed by atoms with van der Waals surface area (Å²) in [4.78, 5) is 38.6. The van der Waals surface area contributed by atoms with Gasteiger partial charge in [-0.25, -0.2) is 4.79 Å². The van der Waals surface area contributed by atoms with Crippen LogP contribution in [0.2, 0.25) is 0 Å². The molecule has 0 aliphatic carbocycles. The number of carbonyl (C=O) groups is 3. The molecule has 1 aromatic carbocycles. The molecule has 2 rings (SSSR count). The van der Waals surface area contributed by atoms with E-state index >= 15 is 0 Å². The van der Waals surface area contributed by atoms with Gasteiger partial charge in [-0.15, -0.1) is 0 Å². The van der Waals surface area contributed by atoms with Crippen LogP contribution in [0.1, 0.15) is 44.6 Å². The lowest BCUT2D eigenvalue weighted by atomic mass is 10.1. The first-order chi connectivity index (χ1) is 11.8. The van der Waals surface area contributed by atoms with E-state index in [1.54, 1.807) is 39.0 Å². The molecule has 25 heavy (non-hydrogen) atoms. The molecule has 0 saturated heterocycles. The van der Waals surface area contributed by atoms with Crippen molar-refractivity contribution >= 4 is 29.2 Å². The number of hydrogen-bond acceptors (Lipinski definition) is 4. The molecule has 0 aliphatic rings.